The molecule has 0 spiro atoms. The van der Waals surface area contributed by atoms with Crippen molar-refractivity contribution in [3.05, 3.63) is 75.3 Å². The zero-order chi connectivity index (χ0) is 20.3. The summed E-state index contributed by atoms with van der Waals surface area (Å²) in [4.78, 5) is 25.8. The van der Waals surface area contributed by atoms with Crippen molar-refractivity contribution in [2.24, 2.45) is 0 Å². The molecule has 0 saturated heterocycles. The molecule has 1 aliphatic heterocycles. The van der Waals surface area contributed by atoms with Crippen LogP contribution in [0.1, 0.15) is 22.3 Å². The molecule has 0 fully saturated rings. The molecule has 0 radical (unpaired) electrons. The quantitative estimate of drug-likeness (QED) is 0.708. The Morgan fingerprint density at radius 2 is 1.75 bits per heavy atom. The third-order valence-corrected chi connectivity index (χ3v) is 4.82. The smallest absolute Gasteiger partial charge is 0.343 e. The number of carbonyl (C=O) groups is 2. The number of rotatable bonds is 4. The highest BCUT2D eigenvalue weighted by Crippen LogP contribution is 2.29. The van der Waals surface area contributed by atoms with Crippen LogP contribution in [0.25, 0.3) is 6.08 Å². The molecule has 4 nitrogen and oxygen atoms in total. The van der Waals surface area contributed by atoms with Crippen LogP contribution < -0.4 is 5.32 Å². The van der Waals surface area contributed by atoms with E-state index in [9.17, 15) is 22.8 Å². The van der Waals surface area contributed by atoms with Gasteiger partial charge >= 0.3 is 6.18 Å². The summed E-state index contributed by atoms with van der Waals surface area (Å²) >= 11 is 3.40. The topological polar surface area (TPSA) is 49.4 Å². The van der Waals surface area contributed by atoms with Gasteiger partial charge in [-0.25, -0.2) is 0 Å². The Morgan fingerprint density at radius 1 is 1.07 bits per heavy atom. The Bertz CT molecular complexity index is 924. The van der Waals surface area contributed by atoms with Gasteiger partial charge in [0.05, 0.1) is 12.1 Å². The van der Waals surface area contributed by atoms with Crippen molar-refractivity contribution in [2.75, 3.05) is 6.54 Å². The maximum Gasteiger partial charge on any atom is 0.416 e. The predicted molar refractivity (Wildman–Crippen MR) is 102 cm³/mol. The molecule has 0 bridgehead atoms. The Hall–Kier alpha value is -2.61. The van der Waals surface area contributed by atoms with Gasteiger partial charge in [-0.15, -0.1) is 0 Å². The first-order chi connectivity index (χ1) is 13.2. The molecule has 1 heterocycles. The molecule has 8 heteroatoms. The summed E-state index contributed by atoms with van der Waals surface area (Å²) in [6.07, 6.45) is -1.82. The number of halogens is 4. The minimum absolute atomic E-state index is 0.147. The van der Waals surface area contributed by atoms with E-state index in [2.05, 4.69) is 21.2 Å². The summed E-state index contributed by atoms with van der Waals surface area (Å²) in [6.45, 7) is 0.842. The molecule has 0 aromatic heterocycles. The highest BCUT2D eigenvalue weighted by Gasteiger charge is 2.29. The van der Waals surface area contributed by atoms with E-state index in [4.69, 9.17) is 0 Å². The van der Waals surface area contributed by atoms with E-state index in [0.717, 1.165) is 27.7 Å². The van der Waals surface area contributed by atoms with Crippen molar-refractivity contribution in [3.63, 3.8) is 0 Å². The third kappa shape index (κ3) is 5.01. The van der Waals surface area contributed by atoms with E-state index in [1.54, 1.807) is 4.90 Å². The second-order valence-electron chi connectivity index (χ2n) is 6.33. The van der Waals surface area contributed by atoms with Gasteiger partial charge in [0, 0.05) is 23.6 Å². The fourth-order valence-corrected chi connectivity index (χ4v) is 3.24. The van der Waals surface area contributed by atoms with Crippen LogP contribution in [0.5, 0.6) is 0 Å². The molecule has 146 valence electrons. The molecule has 2 aromatic carbocycles. The van der Waals surface area contributed by atoms with Gasteiger partial charge in [0.2, 0.25) is 11.8 Å². The summed E-state index contributed by atoms with van der Waals surface area (Å²) in [5.41, 5.74) is 1.84. The second-order valence-corrected chi connectivity index (χ2v) is 7.25. The lowest BCUT2D eigenvalue weighted by Gasteiger charge is -2.15. The second kappa shape index (κ2) is 8.18. The molecule has 28 heavy (non-hydrogen) atoms. The van der Waals surface area contributed by atoms with Gasteiger partial charge in [-0.3, -0.25) is 9.59 Å². The Labute approximate surface area is 168 Å². The average Bonchev–Trinajstić information content (AvgIpc) is 3.07. The van der Waals surface area contributed by atoms with Crippen LogP contribution in [0.4, 0.5) is 13.2 Å². The molecule has 1 N–H and O–H groups in total. The van der Waals surface area contributed by atoms with Gasteiger partial charge in [-0.2, -0.15) is 13.2 Å². The average molecular weight is 453 g/mol. The summed E-state index contributed by atoms with van der Waals surface area (Å²) in [6, 6.07) is 10.3. The number of nitrogens with one attached hydrogen (secondary N) is 1. The van der Waals surface area contributed by atoms with Gasteiger partial charge < -0.3 is 10.2 Å². The monoisotopic (exact) mass is 452 g/mol. The fourth-order valence-electron chi connectivity index (χ4n) is 2.83. The van der Waals surface area contributed by atoms with Crippen LogP contribution in [0, 0.1) is 0 Å². The van der Waals surface area contributed by atoms with E-state index in [0.29, 0.717) is 18.7 Å². The number of nitrogens with zero attached hydrogens (tertiary/aromatic N) is 1. The molecule has 0 saturated carbocycles. The fraction of sp³-hybridized carbons (Fsp3) is 0.200. The standard InChI is InChI=1S/C20H16BrF3N2O2/c21-17-7-4-14-11-26(12-15(14)9-17)19(28)10-25-18(27)8-3-13-1-5-16(6-2-13)20(22,23)24/h1-9H,10-12H2,(H,25,27)/b8-3+. The molecular formula is C20H16BrF3N2O2. The third-order valence-electron chi connectivity index (χ3n) is 4.32. The van der Waals surface area contributed by atoms with Crippen molar-refractivity contribution >= 4 is 33.8 Å². The largest absolute Gasteiger partial charge is 0.416 e. The maximum absolute atomic E-state index is 12.5. The minimum Gasteiger partial charge on any atom is -0.343 e. The number of carbonyl (C=O) groups excluding carboxylic acids is 2. The number of benzene rings is 2. The van der Waals surface area contributed by atoms with E-state index >= 15 is 0 Å². The highest BCUT2D eigenvalue weighted by molar-refractivity contribution is 9.10. The molecule has 3 rings (SSSR count). The first kappa shape index (κ1) is 20.1. The molecule has 2 amide bonds. The summed E-state index contributed by atoms with van der Waals surface area (Å²) < 4.78 is 38.5. The molecule has 0 unspecified atom stereocenters. The molecule has 0 aliphatic carbocycles. The summed E-state index contributed by atoms with van der Waals surface area (Å²) in [5, 5.41) is 2.50. The van der Waals surface area contributed by atoms with Gasteiger partial charge in [-0.05, 0) is 47.0 Å². The number of hydrogen-bond acceptors (Lipinski definition) is 2. The molecule has 0 atom stereocenters. The lowest BCUT2D eigenvalue weighted by Crippen LogP contribution is -2.36. The lowest BCUT2D eigenvalue weighted by atomic mass is 10.1. The van der Waals surface area contributed by atoms with Crippen molar-refractivity contribution in [1.29, 1.82) is 0 Å². The number of fused-ring (bicyclic) bond motifs is 1. The van der Waals surface area contributed by atoms with E-state index in [1.165, 1.54) is 24.3 Å². The maximum atomic E-state index is 12.5. The minimum atomic E-state index is -4.40. The zero-order valence-electron chi connectivity index (χ0n) is 14.6. The Morgan fingerprint density at radius 3 is 2.43 bits per heavy atom. The first-order valence-electron chi connectivity index (χ1n) is 8.40. The number of hydrogen-bond donors (Lipinski definition) is 1. The number of alkyl halides is 3. The normalized spacial score (nSPS) is 13.6. The lowest BCUT2D eigenvalue weighted by molar-refractivity contribution is -0.137. The Kier molecular flexibility index (Phi) is 5.88. The van der Waals surface area contributed by atoms with Gasteiger partial charge in [0.1, 0.15) is 0 Å². The van der Waals surface area contributed by atoms with Crippen LogP contribution in [0.15, 0.2) is 53.0 Å². The van der Waals surface area contributed by atoms with Crippen molar-refractivity contribution in [2.45, 2.75) is 19.3 Å². The van der Waals surface area contributed by atoms with Gasteiger partial charge in [0.25, 0.3) is 0 Å². The van der Waals surface area contributed by atoms with E-state index in [-0.39, 0.29) is 12.5 Å². The van der Waals surface area contributed by atoms with Crippen LogP contribution in [-0.2, 0) is 28.9 Å². The molecular weight excluding hydrogens is 437 g/mol. The SMILES string of the molecule is O=C(/C=C/c1ccc(C(F)(F)F)cc1)NCC(=O)N1Cc2ccc(Br)cc2C1. The Balaban J connectivity index is 1.49. The van der Waals surface area contributed by atoms with Crippen LogP contribution in [0.2, 0.25) is 0 Å². The summed E-state index contributed by atoms with van der Waals surface area (Å²) in [7, 11) is 0. The van der Waals surface area contributed by atoms with Gasteiger partial charge in [0.15, 0.2) is 0 Å². The van der Waals surface area contributed by atoms with Crippen LogP contribution in [0.3, 0.4) is 0 Å². The van der Waals surface area contributed by atoms with E-state index < -0.39 is 17.6 Å². The van der Waals surface area contributed by atoms with Crippen molar-refractivity contribution in [1.82, 2.24) is 10.2 Å². The summed E-state index contributed by atoms with van der Waals surface area (Å²) in [5.74, 6) is -0.698. The first-order valence-corrected chi connectivity index (χ1v) is 9.20. The zero-order valence-corrected chi connectivity index (χ0v) is 16.2. The number of amides is 2. The molecule has 2 aromatic rings. The van der Waals surface area contributed by atoms with E-state index in [1.807, 2.05) is 18.2 Å². The van der Waals surface area contributed by atoms with Crippen LogP contribution >= 0.6 is 15.9 Å². The molecule has 1 aliphatic rings. The highest BCUT2D eigenvalue weighted by atomic mass is 79.9. The van der Waals surface area contributed by atoms with Crippen molar-refractivity contribution in [3.8, 4) is 0 Å². The predicted octanol–water partition coefficient (Wildman–Crippen LogP) is 4.14. The van der Waals surface area contributed by atoms with Crippen LogP contribution in [-0.4, -0.2) is 23.3 Å². The van der Waals surface area contributed by atoms with Crippen molar-refractivity contribution < 1.29 is 22.8 Å². The van der Waals surface area contributed by atoms with Gasteiger partial charge in [-0.1, -0.05) is 34.1 Å².